The molecule has 8 heteroatoms. The SMILES string of the molecule is NS(=O)(=O)c1ccccc1NCCc1ncno1. The van der Waals surface area contributed by atoms with Gasteiger partial charge in [0.1, 0.15) is 4.90 Å². The second-order valence-corrected chi connectivity index (χ2v) is 5.08. The number of rotatable bonds is 5. The summed E-state index contributed by atoms with van der Waals surface area (Å²) in [5, 5.41) is 11.6. The highest BCUT2D eigenvalue weighted by Gasteiger charge is 2.12. The van der Waals surface area contributed by atoms with Gasteiger partial charge in [0, 0.05) is 13.0 Å². The predicted octanol–water partition coefficient (Wildman–Crippen LogP) is 0.372. The van der Waals surface area contributed by atoms with Crippen molar-refractivity contribution in [1.29, 1.82) is 0 Å². The van der Waals surface area contributed by atoms with E-state index in [1.807, 2.05) is 0 Å². The van der Waals surface area contributed by atoms with E-state index in [2.05, 4.69) is 15.5 Å². The first-order chi connectivity index (χ1) is 8.57. The molecule has 1 aromatic carbocycles. The minimum Gasteiger partial charge on any atom is -0.383 e. The number of anilines is 1. The fraction of sp³-hybridized carbons (Fsp3) is 0.200. The molecule has 7 nitrogen and oxygen atoms in total. The monoisotopic (exact) mass is 268 g/mol. The smallest absolute Gasteiger partial charge is 0.240 e. The zero-order valence-electron chi connectivity index (χ0n) is 9.41. The second kappa shape index (κ2) is 5.15. The summed E-state index contributed by atoms with van der Waals surface area (Å²) < 4.78 is 27.5. The molecule has 0 fully saturated rings. The van der Waals surface area contributed by atoms with Gasteiger partial charge in [-0.2, -0.15) is 4.98 Å². The molecular weight excluding hydrogens is 256 g/mol. The Bertz CT molecular complexity index is 610. The number of hydrogen-bond acceptors (Lipinski definition) is 6. The van der Waals surface area contributed by atoms with Gasteiger partial charge in [0.2, 0.25) is 15.9 Å². The van der Waals surface area contributed by atoms with Crippen molar-refractivity contribution in [2.24, 2.45) is 5.14 Å². The van der Waals surface area contributed by atoms with Gasteiger partial charge >= 0.3 is 0 Å². The van der Waals surface area contributed by atoms with E-state index in [1.165, 1.54) is 12.4 Å². The largest absolute Gasteiger partial charge is 0.383 e. The third-order valence-corrected chi connectivity index (χ3v) is 3.22. The van der Waals surface area contributed by atoms with Crippen LogP contribution in [0.2, 0.25) is 0 Å². The summed E-state index contributed by atoms with van der Waals surface area (Å²) in [4.78, 5) is 3.92. The Morgan fingerprint density at radius 3 is 2.78 bits per heavy atom. The van der Waals surface area contributed by atoms with Crippen molar-refractivity contribution >= 4 is 15.7 Å². The van der Waals surface area contributed by atoms with Gasteiger partial charge in [-0.25, -0.2) is 13.6 Å². The molecule has 0 aliphatic rings. The summed E-state index contributed by atoms with van der Waals surface area (Å²) in [6.07, 6.45) is 1.81. The molecule has 0 saturated carbocycles. The van der Waals surface area contributed by atoms with Crippen LogP contribution in [0.15, 0.2) is 40.0 Å². The van der Waals surface area contributed by atoms with Crippen molar-refractivity contribution in [3.8, 4) is 0 Å². The summed E-state index contributed by atoms with van der Waals surface area (Å²) >= 11 is 0. The van der Waals surface area contributed by atoms with Crippen molar-refractivity contribution in [2.75, 3.05) is 11.9 Å². The predicted molar refractivity (Wildman–Crippen MR) is 64.3 cm³/mol. The Balaban J connectivity index is 2.06. The molecule has 0 unspecified atom stereocenters. The van der Waals surface area contributed by atoms with Gasteiger partial charge in [-0.15, -0.1) is 0 Å². The topological polar surface area (TPSA) is 111 Å². The van der Waals surface area contributed by atoms with Crippen LogP contribution in [-0.4, -0.2) is 25.1 Å². The number of primary sulfonamides is 1. The molecule has 0 radical (unpaired) electrons. The Hall–Kier alpha value is -1.93. The molecule has 0 saturated heterocycles. The van der Waals surface area contributed by atoms with E-state index < -0.39 is 10.0 Å². The molecule has 0 amide bonds. The number of nitrogens with two attached hydrogens (primary N) is 1. The van der Waals surface area contributed by atoms with Gasteiger partial charge in [0.25, 0.3) is 0 Å². The van der Waals surface area contributed by atoms with Crippen LogP contribution in [0.1, 0.15) is 5.89 Å². The minimum absolute atomic E-state index is 0.0653. The fourth-order valence-corrected chi connectivity index (χ4v) is 2.19. The van der Waals surface area contributed by atoms with Crippen LogP contribution >= 0.6 is 0 Å². The number of nitrogens with one attached hydrogen (secondary N) is 1. The van der Waals surface area contributed by atoms with Crippen LogP contribution in [-0.2, 0) is 16.4 Å². The van der Waals surface area contributed by atoms with Crippen molar-refractivity contribution in [3.05, 3.63) is 36.5 Å². The molecule has 0 aliphatic carbocycles. The highest BCUT2D eigenvalue weighted by molar-refractivity contribution is 7.89. The van der Waals surface area contributed by atoms with E-state index in [-0.39, 0.29) is 4.90 Å². The lowest BCUT2D eigenvalue weighted by Crippen LogP contribution is -2.16. The van der Waals surface area contributed by atoms with Gasteiger partial charge in [-0.05, 0) is 12.1 Å². The Morgan fingerprint density at radius 1 is 1.33 bits per heavy atom. The third kappa shape index (κ3) is 3.05. The van der Waals surface area contributed by atoms with E-state index in [0.717, 1.165) is 0 Å². The van der Waals surface area contributed by atoms with Gasteiger partial charge < -0.3 is 9.84 Å². The van der Waals surface area contributed by atoms with Gasteiger partial charge in [0.15, 0.2) is 6.33 Å². The van der Waals surface area contributed by atoms with E-state index in [4.69, 9.17) is 9.66 Å². The Labute approximate surface area is 104 Å². The average Bonchev–Trinajstić information content (AvgIpc) is 2.81. The summed E-state index contributed by atoms with van der Waals surface area (Å²) in [7, 11) is -3.73. The molecule has 2 rings (SSSR count). The van der Waals surface area contributed by atoms with Crippen molar-refractivity contribution in [2.45, 2.75) is 11.3 Å². The number of nitrogens with zero attached hydrogens (tertiary/aromatic N) is 2. The maximum Gasteiger partial charge on any atom is 0.240 e. The van der Waals surface area contributed by atoms with Crippen LogP contribution in [0, 0.1) is 0 Å². The Kier molecular flexibility index (Phi) is 3.58. The van der Waals surface area contributed by atoms with Crippen LogP contribution in [0.4, 0.5) is 5.69 Å². The molecular formula is C10H12N4O3S. The molecule has 0 atom stereocenters. The molecule has 1 heterocycles. The number of aromatic nitrogens is 2. The maximum absolute atomic E-state index is 11.3. The summed E-state index contributed by atoms with van der Waals surface area (Å²) in [6, 6.07) is 6.44. The van der Waals surface area contributed by atoms with Crippen LogP contribution < -0.4 is 10.5 Å². The number of sulfonamides is 1. The number of para-hydroxylation sites is 1. The maximum atomic E-state index is 11.3. The molecule has 2 aromatic rings. The third-order valence-electron chi connectivity index (χ3n) is 2.25. The number of benzene rings is 1. The van der Waals surface area contributed by atoms with E-state index >= 15 is 0 Å². The first-order valence-corrected chi connectivity index (χ1v) is 6.73. The standard InChI is InChI=1S/C10H12N4O3S/c11-18(15,16)9-4-2-1-3-8(9)12-6-5-10-13-7-14-17-10/h1-4,7,12H,5-6H2,(H2,11,15,16). The van der Waals surface area contributed by atoms with Gasteiger partial charge in [-0.3, -0.25) is 0 Å². The van der Waals surface area contributed by atoms with Gasteiger partial charge in [-0.1, -0.05) is 17.3 Å². The lowest BCUT2D eigenvalue weighted by Gasteiger charge is -2.09. The molecule has 96 valence electrons. The lowest BCUT2D eigenvalue weighted by atomic mass is 10.3. The second-order valence-electron chi connectivity index (χ2n) is 3.55. The quantitative estimate of drug-likeness (QED) is 0.810. The number of hydrogen-bond donors (Lipinski definition) is 2. The van der Waals surface area contributed by atoms with E-state index in [1.54, 1.807) is 18.2 Å². The zero-order valence-corrected chi connectivity index (χ0v) is 10.2. The highest BCUT2D eigenvalue weighted by Crippen LogP contribution is 2.18. The van der Waals surface area contributed by atoms with Crippen LogP contribution in [0.5, 0.6) is 0 Å². The molecule has 1 aromatic heterocycles. The summed E-state index contributed by atoms with van der Waals surface area (Å²) in [5.41, 5.74) is 0.458. The minimum atomic E-state index is -3.73. The zero-order chi connectivity index (χ0) is 13.0. The first-order valence-electron chi connectivity index (χ1n) is 5.18. The van der Waals surface area contributed by atoms with E-state index in [9.17, 15) is 8.42 Å². The molecule has 0 spiro atoms. The van der Waals surface area contributed by atoms with E-state index in [0.29, 0.717) is 24.5 Å². The summed E-state index contributed by atoms with van der Waals surface area (Å²) in [6.45, 7) is 0.467. The van der Waals surface area contributed by atoms with Crippen molar-refractivity contribution in [1.82, 2.24) is 10.1 Å². The van der Waals surface area contributed by atoms with Gasteiger partial charge in [0.05, 0.1) is 5.69 Å². The molecule has 18 heavy (non-hydrogen) atoms. The highest BCUT2D eigenvalue weighted by atomic mass is 32.2. The van der Waals surface area contributed by atoms with Crippen LogP contribution in [0.25, 0.3) is 0 Å². The fourth-order valence-electron chi connectivity index (χ4n) is 1.47. The average molecular weight is 268 g/mol. The molecule has 0 bridgehead atoms. The van der Waals surface area contributed by atoms with Crippen LogP contribution in [0.3, 0.4) is 0 Å². The molecule has 3 N–H and O–H groups in total. The first kappa shape index (κ1) is 12.5. The summed E-state index contributed by atoms with van der Waals surface area (Å²) in [5.74, 6) is 0.482. The van der Waals surface area contributed by atoms with Crippen molar-refractivity contribution < 1.29 is 12.9 Å². The normalized spacial score (nSPS) is 11.4. The Morgan fingerprint density at radius 2 is 2.11 bits per heavy atom. The van der Waals surface area contributed by atoms with Crippen molar-refractivity contribution in [3.63, 3.8) is 0 Å². The molecule has 0 aliphatic heterocycles. The lowest BCUT2D eigenvalue weighted by molar-refractivity contribution is 0.380.